The maximum absolute atomic E-state index is 12.2. The molecule has 118 valence electrons. The number of halogens is 1. The quantitative estimate of drug-likeness (QED) is 0.857. The Kier molecular flexibility index (Phi) is 5.51. The Labute approximate surface area is 134 Å². The lowest BCUT2D eigenvalue weighted by Crippen LogP contribution is -2.45. The first-order valence-electron chi connectivity index (χ1n) is 7.15. The van der Waals surface area contributed by atoms with E-state index in [-0.39, 0.29) is 24.0 Å². The second-order valence-corrected chi connectivity index (χ2v) is 5.69. The van der Waals surface area contributed by atoms with E-state index in [1.54, 1.807) is 18.3 Å². The summed E-state index contributed by atoms with van der Waals surface area (Å²) in [6.45, 7) is 5.89. The molecule has 22 heavy (non-hydrogen) atoms. The van der Waals surface area contributed by atoms with Gasteiger partial charge in [-0.15, -0.1) is 0 Å². The second kappa shape index (κ2) is 7.38. The van der Waals surface area contributed by atoms with Crippen molar-refractivity contribution in [1.82, 2.24) is 20.1 Å². The third kappa shape index (κ3) is 4.29. The molecular weight excluding hydrogens is 302 g/mol. The van der Waals surface area contributed by atoms with Crippen molar-refractivity contribution in [3.63, 3.8) is 0 Å². The predicted molar refractivity (Wildman–Crippen MR) is 86.9 cm³/mol. The molecule has 0 aliphatic heterocycles. The maximum atomic E-state index is 12.2. The molecule has 7 heteroatoms. The summed E-state index contributed by atoms with van der Waals surface area (Å²) in [6, 6.07) is 5.10. The highest BCUT2D eigenvalue weighted by Gasteiger charge is 2.20. The Morgan fingerprint density at radius 1 is 1.32 bits per heavy atom. The Morgan fingerprint density at radius 2 is 2.09 bits per heavy atom. The van der Waals surface area contributed by atoms with Crippen LogP contribution in [0.25, 0.3) is 0 Å². The van der Waals surface area contributed by atoms with Gasteiger partial charge in [-0.2, -0.15) is 5.10 Å². The minimum Gasteiger partial charge on any atom is -0.309 e. The summed E-state index contributed by atoms with van der Waals surface area (Å²) in [6.07, 6.45) is 5.15. The summed E-state index contributed by atoms with van der Waals surface area (Å²) in [5.74, 6) is 0.338. The number of carbonyl (C=O) groups excluding carboxylic acids is 1. The third-order valence-corrected chi connectivity index (χ3v) is 3.77. The Bertz CT molecular complexity index is 599. The average molecular weight is 322 g/mol. The molecular formula is C15H20ClN5O. The molecule has 0 saturated heterocycles. The molecule has 0 aromatic carbocycles. The smallest absolute Gasteiger partial charge is 0.242 e. The molecule has 2 heterocycles. The first kappa shape index (κ1) is 16.5. The summed E-state index contributed by atoms with van der Waals surface area (Å²) in [5.41, 5.74) is 0. The van der Waals surface area contributed by atoms with Gasteiger partial charge in [0.2, 0.25) is 5.91 Å². The fraction of sp³-hybridized carbons (Fsp3) is 0.400. The van der Waals surface area contributed by atoms with E-state index in [0.29, 0.717) is 10.8 Å². The van der Waals surface area contributed by atoms with Gasteiger partial charge in [-0.25, -0.2) is 4.98 Å². The second-order valence-electron chi connectivity index (χ2n) is 5.25. The van der Waals surface area contributed by atoms with E-state index in [2.05, 4.69) is 27.6 Å². The monoisotopic (exact) mass is 321 g/mol. The lowest BCUT2D eigenvalue weighted by Gasteiger charge is -2.25. The van der Waals surface area contributed by atoms with Crippen LogP contribution >= 0.6 is 11.6 Å². The van der Waals surface area contributed by atoms with Gasteiger partial charge in [0.15, 0.2) is 0 Å². The van der Waals surface area contributed by atoms with Gasteiger partial charge in [-0.05, 0) is 39.0 Å². The third-order valence-electron chi connectivity index (χ3n) is 3.55. The minimum absolute atomic E-state index is 0.0822. The van der Waals surface area contributed by atoms with Gasteiger partial charge in [0.1, 0.15) is 5.82 Å². The summed E-state index contributed by atoms with van der Waals surface area (Å²) in [5, 5.41) is 10.8. The molecule has 0 aliphatic carbocycles. The highest BCUT2D eigenvalue weighted by molar-refractivity contribution is 6.30. The molecule has 0 saturated carbocycles. The van der Waals surface area contributed by atoms with Crippen LogP contribution in [0.1, 0.15) is 26.8 Å². The van der Waals surface area contributed by atoms with Crippen LogP contribution in [-0.4, -0.2) is 32.8 Å². The zero-order chi connectivity index (χ0) is 16.1. The molecule has 0 unspecified atom stereocenters. The standard InChI is InChI=1S/C15H20ClN5O/c1-10(12(3)21-8-4-7-18-21)19-11(2)15(22)20-14-6-5-13(16)9-17-14/h4-12,19H,1-3H3,(H,17,20,22)/t10-,11-,12+/m0/s1. The largest absolute Gasteiger partial charge is 0.309 e. The summed E-state index contributed by atoms with van der Waals surface area (Å²) < 4.78 is 1.86. The van der Waals surface area contributed by atoms with E-state index in [1.165, 1.54) is 6.20 Å². The minimum atomic E-state index is -0.356. The number of hydrogen-bond acceptors (Lipinski definition) is 4. The number of pyridine rings is 1. The van der Waals surface area contributed by atoms with Gasteiger partial charge in [0.05, 0.1) is 17.1 Å². The summed E-state index contributed by atoms with van der Waals surface area (Å²) >= 11 is 5.77. The van der Waals surface area contributed by atoms with Gasteiger partial charge < -0.3 is 10.6 Å². The van der Waals surface area contributed by atoms with Gasteiger partial charge in [-0.3, -0.25) is 9.48 Å². The molecule has 0 spiro atoms. The molecule has 1 amide bonds. The Balaban J connectivity index is 1.89. The summed E-state index contributed by atoms with van der Waals surface area (Å²) in [4.78, 5) is 16.2. The number of nitrogens with one attached hydrogen (secondary N) is 2. The first-order chi connectivity index (χ1) is 10.5. The van der Waals surface area contributed by atoms with Crippen molar-refractivity contribution in [3.05, 3.63) is 41.8 Å². The number of carbonyl (C=O) groups is 1. The highest BCUT2D eigenvalue weighted by Crippen LogP contribution is 2.11. The van der Waals surface area contributed by atoms with Crippen LogP contribution in [0.4, 0.5) is 5.82 Å². The number of anilines is 1. The molecule has 0 aliphatic rings. The lowest BCUT2D eigenvalue weighted by molar-refractivity contribution is -0.118. The Morgan fingerprint density at radius 3 is 2.68 bits per heavy atom. The molecule has 0 fully saturated rings. The van der Waals surface area contributed by atoms with Crippen LogP contribution in [0.3, 0.4) is 0 Å². The molecule has 0 radical (unpaired) electrons. The fourth-order valence-corrected chi connectivity index (χ4v) is 2.16. The number of rotatable bonds is 6. The van der Waals surface area contributed by atoms with Gasteiger partial charge in [0, 0.05) is 24.6 Å². The number of aromatic nitrogens is 3. The van der Waals surface area contributed by atoms with Crippen LogP contribution < -0.4 is 10.6 Å². The number of amides is 1. The van der Waals surface area contributed by atoms with Crippen LogP contribution in [-0.2, 0) is 4.79 Å². The summed E-state index contributed by atoms with van der Waals surface area (Å²) in [7, 11) is 0. The van der Waals surface area contributed by atoms with Gasteiger partial charge in [-0.1, -0.05) is 11.6 Å². The van der Waals surface area contributed by atoms with Crippen LogP contribution in [0.5, 0.6) is 0 Å². The van der Waals surface area contributed by atoms with Crippen molar-refractivity contribution >= 4 is 23.3 Å². The van der Waals surface area contributed by atoms with Crippen molar-refractivity contribution < 1.29 is 4.79 Å². The zero-order valence-corrected chi connectivity index (χ0v) is 13.6. The molecule has 2 aromatic heterocycles. The van der Waals surface area contributed by atoms with Crippen molar-refractivity contribution in [2.75, 3.05) is 5.32 Å². The molecule has 2 N–H and O–H groups in total. The molecule has 3 atom stereocenters. The van der Waals surface area contributed by atoms with Crippen molar-refractivity contribution in [1.29, 1.82) is 0 Å². The topological polar surface area (TPSA) is 71.8 Å². The number of hydrogen-bond donors (Lipinski definition) is 2. The SMILES string of the molecule is C[C@H](N[C@@H](C)[C@@H](C)n1cccn1)C(=O)Nc1ccc(Cl)cn1. The first-order valence-corrected chi connectivity index (χ1v) is 7.52. The van der Waals surface area contributed by atoms with Crippen LogP contribution in [0, 0.1) is 0 Å². The van der Waals surface area contributed by atoms with Crippen LogP contribution in [0.2, 0.25) is 5.02 Å². The van der Waals surface area contributed by atoms with Gasteiger partial charge in [0.25, 0.3) is 0 Å². The van der Waals surface area contributed by atoms with Crippen molar-refractivity contribution in [2.45, 2.75) is 38.9 Å². The van der Waals surface area contributed by atoms with Gasteiger partial charge >= 0.3 is 0 Å². The maximum Gasteiger partial charge on any atom is 0.242 e. The fourth-order valence-electron chi connectivity index (χ4n) is 2.04. The molecule has 0 bridgehead atoms. The molecule has 2 rings (SSSR count). The molecule has 2 aromatic rings. The zero-order valence-electron chi connectivity index (χ0n) is 12.8. The van der Waals surface area contributed by atoms with Crippen molar-refractivity contribution in [3.8, 4) is 0 Å². The van der Waals surface area contributed by atoms with E-state index in [9.17, 15) is 4.79 Å². The average Bonchev–Trinajstić information content (AvgIpc) is 3.02. The van der Waals surface area contributed by atoms with E-state index < -0.39 is 0 Å². The van der Waals surface area contributed by atoms with E-state index >= 15 is 0 Å². The lowest BCUT2D eigenvalue weighted by atomic mass is 10.1. The van der Waals surface area contributed by atoms with E-state index in [1.807, 2.05) is 30.8 Å². The van der Waals surface area contributed by atoms with Crippen LogP contribution in [0.15, 0.2) is 36.8 Å². The number of nitrogens with zero attached hydrogens (tertiary/aromatic N) is 3. The normalized spacial score (nSPS) is 15.1. The van der Waals surface area contributed by atoms with E-state index in [0.717, 1.165) is 0 Å². The predicted octanol–water partition coefficient (Wildman–Crippen LogP) is 2.50. The highest BCUT2D eigenvalue weighted by atomic mass is 35.5. The van der Waals surface area contributed by atoms with E-state index in [4.69, 9.17) is 11.6 Å². The Hall–Kier alpha value is -1.92. The van der Waals surface area contributed by atoms with Crippen molar-refractivity contribution in [2.24, 2.45) is 0 Å². The molecule has 6 nitrogen and oxygen atoms in total.